The summed E-state index contributed by atoms with van der Waals surface area (Å²) in [6, 6.07) is 5.46. The van der Waals surface area contributed by atoms with Crippen LogP contribution in [0.15, 0.2) is 71.2 Å². The third kappa shape index (κ3) is 16.5. The van der Waals surface area contributed by atoms with E-state index < -0.39 is 6.23 Å². The van der Waals surface area contributed by atoms with E-state index in [0.717, 1.165) is 24.4 Å². The molecule has 1 atom stereocenters. The van der Waals surface area contributed by atoms with E-state index in [9.17, 15) is 0 Å². The van der Waals surface area contributed by atoms with Crippen molar-refractivity contribution in [1.29, 1.82) is 0 Å². The minimum atomic E-state index is -0.537. The Kier molecular flexibility index (Phi) is 17.7. The number of halogens is 1. The number of hydrogen-bond donors (Lipinski definition) is 6. The van der Waals surface area contributed by atoms with Crippen LogP contribution >= 0.6 is 27.9 Å². The van der Waals surface area contributed by atoms with Gasteiger partial charge in [-0.2, -0.15) is 0 Å². The van der Waals surface area contributed by atoms with E-state index in [-0.39, 0.29) is 6.54 Å². The van der Waals surface area contributed by atoms with Crippen molar-refractivity contribution in [2.45, 2.75) is 19.1 Å². The van der Waals surface area contributed by atoms with Crippen LogP contribution in [0.1, 0.15) is 12.8 Å². The quantitative estimate of drug-likeness (QED) is 0.0676. The lowest BCUT2D eigenvalue weighted by molar-refractivity contribution is 0.155. The molecule has 1 aromatic rings. The molecule has 11 heteroatoms. The molecule has 0 saturated heterocycles. The molecule has 1 aliphatic rings. The molecule has 0 spiro atoms. The van der Waals surface area contributed by atoms with Crippen molar-refractivity contribution in [3.8, 4) is 5.88 Å². The smallest absolute Gasteiger partial charge is 0.219 e. The van der Waals surface area contributed by atoms with Crippen LogP contribution in [-0.4, -0.2) is 41.5 Å². The van der Waals surface area contributed by atoms with Gasteiger partial charge in [-0.25, -0.2) is 10.8 Å². The highest BCUT2D eigenvalue weighted by molar-refractivity contribution is 9.11. The zero-order chi connectivity index (χ0) is 23.5. The molecule has 1 saturated carbocycles. The molecule has 0 bridgehead atoms. The molecule has 0 aliphatic heterocycles. The van der Waals surface area contributed by atoms with Crippen LogP contribution in [0, 0.1) is 5.92 Å². The van der Waals surface area contributed by atoms with Gasteiger partial charge < -0.3 is 26.3 Å². The maximum Gasteiger partial charge on any atom is 0.219 e. The van der Waals surface area contributed by atoms with Gasteiger partial charge in [-0.3, -0.25) is 10.5 Å². The lowest BCUT2D eigenvalue weighted by Gasteiger charge is -2.12. The molecule has 174 valence electrons. The lowest BCUT2D eigenvalue weighted by atomic mass is 10.4. The number of rotatable bonds is 10. The predicted octanol–water partition coefficient (Wildman–Crippen LogP) is 1.86. The molecule has 1 aliphatic carbocycles. The van der Waals surface area contributed by atoms with Gasteiger partial charge in [0, 0.05) is 37.8 Å². The summed E-state index contributed by atoms with van der Waals surface area (Å²) in [5, 5.41) is 19.1. The first-order valence-electron chi connectivity index (χ1n) is 9.50. The van der Waals surface area contributed by atoms with Crippen molar-refractivity contribution in [2.75, 3.05) is 20.1 Å². The molecule has 1 fully saturated rings. The van der Waals surface area contributed by atoms with Gasteiger partial charge in [0.15, 0.2) is 0 Å². The van der Waals surface area contributed by atoms with Crippen LogP contribution in [0.4, 0.5) is 0 Å². The Bertz CT molecular complexity index is 681. The van der Waals surface area contributed by atoms with Gasteiger partial charge in [-0.05, 0) is 65.4 Å². The Balaban J connectivity index is 0.000000753. The van der Waals surface area contributed by atoms with Crippen LogP contribution in [0.25, 0.3) is 0 Å². The summed E-state index contributed by atoms with van der Waals surface area (Å²) in [7, 11) is 1.65. The van der Waals surface area contributed by atoms with Crippen molar-refractivity contribution in [3.63, 3.8) is 0 Å². The molecule has 1 aromatic heterocycles. The van der Waals surface area contributed by atoms with E-state index in [1.807, 2.05) is 24.4 Å². The average Bonchev–Trinajstić information content (AvgIpc) is 3.62. The monoisotopic (exact) mass is 515 g/mol. The number of hydrogen-bond acceptors (Lipinski definition) is 10. The molecular formula is C20H34BrN7O2S. The third-order valence-corrected chi connectivity index (χ3v) is 4.43. The van der Waals surface area contributed by atoms with E-state index in [1.54, 1.807) is 35.8 Å². The van der Waals surface area contributed by atoms with Crippen LogP contribution in [0.3, 0.4) is 0 Å². The third-order valence-electron chi connectivity index (χ3n) is 3.58. The molecule has 2 rings (SSSR count). The Morgan fingerprint density at radius 3 is 2.61 bits per heavy atom. The second-order valence-corrected chi connectivity index (χ2v) is 7.60. The van der Waals surface area contributed by atoms with Crippen molar-refractivity contribution in [2.24, 2.45) is 28.4 Å². The summed E-state index contributed by atoms with van der Waals surface area (Å²) >= 11 is 4.47. The van der Waals surface area contributed by atoms with E-state index >= 15 is 0 Å². The Morgan fingerprint density at radius 1 is 1.52 bits per heavy atom. The van der Waals surface area contributed by atoms with Gasteiger partial charge in [0.2, 0.25) is 5.88 Å². The molecular weight excluding hydrogens is 482 g/mol. The standard InChI is InChI=1S/C15H19BrN4O.C3H10N2O.C2H5NS/c16-13(10-17)14(21-15-5-1-2-8-19-15)4-3-9-20(18)11-12-6-7-12;1-5-3(6)2-4;1-2-4-3/h1-5,8-10,12H,6-7,11,17-18H2;3,5-6H,2,4H2,1H3;2H,1,3H2/b9-3+,13-10-,14-4+;;. The highest BCUT2D eigenvalue weighted by Crippen LogP contribution is 2.29. The number of hydrazine groups is 1. The van der Waals surface area contributed by atoms with Crippen LogP contribution < -0.4 is 32.5 Å². The van der Waals surface area contributed by atoms with E-state index in [4.69, 9.17) is 32.3 Å². The highest BCUT2D eigenvalue weighted by atomic mass is 79.9. The van der Waals surface area contributed by atoms with Crippen LogP contribution in [-0.2, 0) is 0 Å². The fraction of sp³-hybridized carbons (Fsp3) is 0.350. The number of aliphatic hydroxyl groups is 1. The molecule has 9 nitrogen and oxygen atoms in total. The van der Waals surface area contributed by atoms with Crippen molar-refractivity contribution >= 4 is 27.9 Å². The van der Waals surface area contributed by atoms with Crippen molar-refractivity contribution < 1.29 is 9.84 Å². The number of nitrogens with zero attached hydrogens (tertiary/aromatic N) is 2. The summed E-state index contributed by atoms with van der Waals surface area (Å²) in [5.74, 6) is 7.68. The molecule has 0 aromatic carbocycles. The van der Waals surface area contributed by atoms with Crippen LogP contribution in [0.5, 0.6) is 5.88 Å². The Hall–Kier alpha value is -1.86. The number of nitrogens with one attached hydrogen (secondary N) is 1. The number of aliphatic hydroxyl groups excluding tert-OH is 1. The van der Waals surface area contributed by atoms with Gasteiger partial charge in [0.1, 0.15) is 12.0 Å². The number of aromatic nitrogens is 1. The number of ether oxygens (including phenoxy) is 1. The van der Waals surface area contributed by atoms with Crippen molar-refractivity contribution in [3.05, 3.63) is 71.2 Å². The highest BCUT2D eigenvalue weighted by Gasteiger charge is 2.22. The first-order chi connectivity index (χ1) is 14.9. The number of allylic oxidation sites excluding steroid dienone is 3. The Morgan fingerprint density at radius 2 is 2.19 bits per heavy atom. The topological polar surface area (TPSA) is 162 Å². The summed E-state index contributed by atoms with van der Waals surface area (Å²) in [6.45, 7) is 4.48. The summed E-state index contributed by atoms with van der Waals surface area (Å²) in [4.78, 5) is 4.11. The predicted molar refractivity (Wildman–Crippen MR) is 133 cm³/mol. The van der Waals surface area contributed by atoms with Gasteiger partial charge in [-0.15, -0.1) is 0 Å². The SMILES string of the molecule is C=CSN.CNC(O)CN.N/C=C(Br)/C(=C\C=C\N(N)CC1CC1)Oc1ccccn1. The lowest BCUT2D eigenvalue weighted by Crippen LogP contribution is -2.32. The van der Waals surface area contributed by atoms with Gasteiger partial charge in [0.05, 0.1) is 4.48 Å². The summed E-state index contributed by atoms with van der Waals surface area (Å²) in [6.07, 6.45) is 10.5. The van der Waals surface area contributed by atoms with Gasteiger partial charge in [0.25, 0.3) is 0 Å². The number of likely N-dealkylation sites (N-methyl/N-ethyl adjacent to an activating group) is 1. The molecule has 10 N–H and O–H groups in total. The normalized spacial score (nSPS) is 14.6. The summed E-state index contributed by atoms with van der Waals surface area (Å²) < 4.78 is 6.33. The van der Waals surface area contributed by atoms with Gasteiger partial charge in [-0.1, -0.05) is 24.6 Å². The molecule has 31 heavy (non-hydrogen) atoms. The van der Waals surface area contributed by atoms with Gasteiger partial charge >= 0.3 is 0 Å². The number of nitrogens with two attached hydrogens (primary N) is 4. The van der Waals surface area contributed by atoms with E-state index in [0.29, 0.717) is 16.1 Å². The molecule has 1 unspecified atom stereocenters. The zero-order valence-corrected chi connectivity index (χ0v) is 20.1. The maximum absolute atomic E-state index is 8.43. The molecule has 1 heterocycles. The largest absolute Gasteiger partial charge is 0.438 e. The molecule has 0 amide bonds. The summed E-state index contributed by atoms with van der Waals surface area (Å²) in [5.41, 5.74) is 10.5. The molecule has 0 radical (unpaired) electrons. The first kappa shape index (κ1) is 29.1. The van der Waals surface area contributed by atoms with Crippen molar-refractivity contribution in [1.82, 2.24) is 15.3 Å². The number of pyridine rings is 1. The van der Waals surface area contributed by atoms with E-state index in [1.165, 1.54) is 19.0 Å². The fourth-order valence-corrected chi connectivity index (χ4v) is 2.00. The second-order valence-electron chi connectivity index (χ2n) is 6.14. The minimum absolute atomic E-state index is 0.274. The average molecular weight is 517 g/mol. The minimum Gasteiger partial charge on any atom is -0.438 e. The maximum atomic E-state index is 8.43. The zero-order valence-electron chi connectivity index (χ0n) is 17.7. The van der Waals surface area contributed by atoms with E-state index in [2.05, 4.69) is 32.8 Å². The van der Waals surface area contributed by atoms with Crippen LogP contribution in [0.2, 0.25) is 0 Å². The Labute approximate surface area is 197 Å². The first-order valence-corrected chi connectivity index (χ1v) is 11.2. The second kappa shape index (κ2) is 18.9. The fourth-order valence-electron chi connectivity index (χ4n) is 1.78.